The number of pyridine rings is 1. The fourth-order valence-corrected chi connectivity index (χ4v) is 1.48. The summed E-state index contributed by atoms with van der Waals surface area (Å²) in [6, 6.07) is 5.88. The minimum Gasteiger partial charge on any atom is -0.478 e. The number of ether oxygens (including phenoxy) is 1. The molecule has 84 valence electrons. The maximum Gasteiger partial charge on any atom is 0.213 e. The molecule has 2 heteroatoms. The van der Waals surface area contributed by atoms with Crippen molar-refractivity contribution in [3.63, 3.8) is 0 Å². The molecule has 0 N–H and O–H groups in total. The van der Waals surface area contributed by atoms with Crippen LogP contribution in [0, 0.1) is 6.92 Å². The van der Waals surface area contributed by atoms with Gasteiger partial charge in [0.25, 0.3) is 0 Å². The smallest absolute Gasteiger partial charge is 0.213 e. The van der Waals surface area contributed by atoms with Gasteiger partial charge in [0.2, 0.25) is 5.88 Å². The van der Waals surface area contributed by atoms with Gasteiger partial charge in [-0.2, -0.15) is 0 Å². The van der Waals surface area contributed by atoms with Gasteiger partial charge in [0.05, 0.1) is 6.61 Å². The Bertz CT molecular complexity index is 273. The average Bonchev–Trinajstić information content (AvgIpc) is 2.23. The van der Waals surface area contributed by atoms with E-state index < -0.39 is 0 Å². The zero-order valence-corrected chi connectivity index (χ0v) is 9.83. The third kappa shape index (κ3) is 5.40. The van der Waals surface area contributed by atoms with Crippen molar-refractivity contribution in [3.05, 3.63) is 23.9 Å². The fraction of sp³-hybridized carbons (Fsp3) is 0.615. The number of aryl methyl sites for hydroxylation is 1. The molecule has 2 nitrogen and oxygen atoms in total. The largest absolute Gasteiger partial charge is 0.478 e. The molecule has 1 aromatic rings. The Kier molecular flexibility index (Phi) is 5.83. The third-order valence-electron chi connectivity index (χ3n) is 2.36. The lowest BCUT2D eigenvalue weighted by Crippen LogP contribution is -1.99. The van der Waals surface area contributed by atoms with Crippen molar-refractivity contribution in [1.29, 1.82) is 0 Å². The van der Waals surface area contributed by atoms with Gasteiger partial charge in [-0.15, -0.1) is 0 Å². The maximum atomic E-state index is 5.56. The van der Waals surface area contributed by atoms with E-state index in [1.165, 1.54) is 25.7 Å². The predicted octanol–water partition coefficient (Wildman–Crippen LogP) is 3.74. The maximum absolute atomic E-state index is 5.56. The van der Waals surface area contributed by atoms with Gasteiger partial charge >= 0.3 is 0 Å². The number of aromatic nitrogens is 1. The van der Waals surface area contributed by atoms with Gasteiger partial charge in [-0.1, -0.05) is 38.7 Å². The first-order chi connectivity index (χ1) is 7.33. The Balaban J connectivity index is 2.10. The summed E-state index contributed by atoms with van der Waals surface area (Å²) < 4.78 is 5.56. The van der Waals surface area contributed by atoms with E-state index in [-0.39, 0.29) is 0 Å². The van der Waals surface area contributed by atoms with Crippen LogP contribution in [0.3, 0.4) is 0 Å². The molecule has 15 heavy (non-hydrogen) atoms. The summed E-state index contributed by atoms with van der Waals surface area (Å²) >= 11 is 0. The quantitative estimate of drug-likeness (QED) is 0.635. The van der Waals surface area contributed by atoms with Gasteiger partial charge in [0.1, 0.15) is 0 Å². The normalized spacial score (nSPS) is 10.3. The summed E-state index contributed by atoms with van der Waals surface area (Å²) in [6.45, 7) is 5.00. The molecule has 0 aliphatic rings. The summed E-state index contributed by atoms with van der Waals surface area (Å²) in [5, 5.41) is 0. The van der Waals surface area contributed by atoms with Gasteiger partial charge in [-0.05, 0) is 19.4 Å². The van der Waals surface area contributed by atoms with Gasteiger partial charge in [-0.25, -0.2) is 4.98 Å². The van der Waals surface area contributed by atoms with Crippen molar-refractivity contribution in [2.75, 3.05) is 6.61 Å². The third-order valence-corrected chi connectivity index (χ3v) is 2.36. The number of nitrogens with zero attached hydrogens (tertiary/aromatic N) is 1. The van der Waals surface area contributed by atoms with Crippen LogP contribution in [0.2, 0.25) is 0 Å². The van der Waals surface area contributed by atoms with Gasteiger partial charge in [0.15, 0.2) is 0 Å². The topological polar surface area (TPSA) is 22.1 Å². The Morgan fingerprint density at radius 3 is 2.67 bits per heavy atom. The lowest BCUT2D eigenvalue weighted by atomic mass is 10.2. The lowest BCUT2D eigenvalue weighted by Gasteiger charge is -2.05. The van der Waals surface area contributed by atoms with Crippen molar-refractivity contribution >= 4 is 0 Å². The summed E-state index contributed by atoms with van der Waals surface area (Å²) in [7, 11) is 0. The first-order valence-electron chi connectivity index (χ1n) is 5.89. The standard InChI is InChI=1S/C13H21NO/c1-3-4-5-6-7-11-15-13-10-8-9-12(2)14-13/h8-10H,3-7,11H2,1-2H3. The van der Waals surface area contributed by atoms with Gasteiger partial charge in [-0.3, -0.25) is 0 Å². The summed E-state index contributed by atoms with van der Waals surface area (Å²) in [4.78, 5) is 4.28. The van der Waals surface area contributed by atoms with Gasteiger partial charge in [0, 0.05) is 11.8 Å². The van der Waals surface area contributed by atoms with Crippen LogP contribution in [0.15, 0.2) is 18.2 Å². The molecule has 0 spiro atoms. The molecule has 0 fully saturated rings. The molecule has 0 saturated heterocycles. The second kappa shape index (κ2) is 7.27. The second-order valence-corrected chi connectivity index (χ2v) is 3.88. The molecular weight excluding hydrogens is 186 g/mol. The molecule has 1 rings (SSSR count). The molecule has 0 radical (unpaired) electrons. The first kappa shape index (κ1) is 12.0. The molecule has 1 aromatic heterocycles. The van der Waals surface area contributed by atoms with Crippen LogP contribution < -0.4 is 4.74 Å². The van der Waals surface area contributed by atoms with E-state index in [1.54, 1.807) is 0 Å². The van der Waals surface area contributed by atoms with Crippen LogP contribution in [-0.2, 0) is 0 Å². The van der Waals surface area contributed by atoms with E-state index in [0.29, 0.717) is 0 Å². The van der Waals surface area contributed by atoms with Crippen molar-refractivity contribution in [3.8, 4) is 5.88 Å². The van der Waals surface area contributed by atoms with Crippen molar-refractivity contribution in [1.82, 2.24) is 4.98 Å². The highest BCUT2D eigenvalue weighted by atomic mass is 16.5. The fourth-order valence-electron chi connectivity index (χ4n) is 1.48. The average molecular weight is 207 g/mol. The minimum atomic E-state index is 0.755. The van der Waals surface area contributed by atoms with E-state index >= 15 is 0 Å². The Morgan fingerprint density at radius 1 is 1.13 bits per heavy atom. The molecule has 0 amide bonds. The highest BCUT2D eigenvalue weighted by Gasteiger charge is 1.95. The summed E-state index contributed by atoms with van der Waals surface area (Å²) in [6.07, 6.45) is 6.35. The van der Waals surface area contributed by atoms with Crippen molar-refractivity contribution in [2.45, 2.75) is 46.0 Å². The van der Waals surface area contributed by atoms with Crippen LogP contribution in [0.25, 0.3) is 0 Å². The highest BCUT2D eigenvalue weighted by Crippen LogP contribution is 2.08. The number of hydrogen-bond donors (Lipinski definition) is 0. The molecule has 0 aromatic carbocycles. The molecule has 1 heterocycles. The Labute approximate surface area is 92.7 Å². The highest BCUT2D eigenvalue weighted by molar-refractivity contribution is 5.14. The minimum absolute atomic E-state index is 0.755. The van der Waals surface area contributed by atoms with Crippen LogP contribution in [-0.4, -0.2) is 11.6 Å². The molecule has 0 bridgehead atoms. The molecule has 0 aliphatic carbocycles. The summed E-state index contributed by atoms with van der Waals surface area (Å²) in [5.41, 5.74) is 1.01. The lowest BCUT2D eigenvalue weighted by molar-refractivity contribution is 0.293. The van der Waals surface area contributed by atoms with E-state index in [2.05, 4.69) is 11.9 Å². The van der Waals surface area contributed by atoms with E-state index in [0.717, 1.165) is 24.6 Å². The van der Waals surface area contributed by atoms with Crippen LogP contribution in [0.4, 0.5) is 0 Å². The zero-order valence-electron chi connectivity index (χ0n) is 9.83. The number of rotatable bonds is 7. The second-order valence-electron chi connectivity index (χ2n) is 3.88. The molecule has 0 aliphatic heterocycles. The van der Waals surface area contributed by atoms with Crippen molar-refractivity contribution in [2.24, 2.45) is 0 Å². The van der Waals surface area contributed by atoms with Crippen LogP contribution in [0.5, 0.6) is 5.88 Å². The summed E-state index contributed by atoms with van der Waals surface area (Å²) in [5.74, 6) is 0.755. The molecule has 0 unspecified atom stereocenters. The first-order valence-corrected chi connectivity index (χ1v) is 5.89. The Hall–Kier alpha value is -1.05. The van der Waals surface area contributed by atoms with E-state index in [1.807, 2.05) is 25.1 Å². The number of hydrogen-bond acceptors (Lipinski definition) is 2. The Morgan fingerprint density at radius 2 is 1.93 bits per heavy atom. The SMILES string of the molecule is CCCCCCCOc1cccc(C)n1. The molecule has 0 atom stereocenters. The van der Waals surface area contributed by atoms with Gasteiger partial charge < -0.3 is 4.74 Å². The molecular formula is C13H21NO. The van der Waals surface area contributed by atoms with E-state index in [9.17, 15) is 0 Å². The van der Waals surface area contributed by atoms with Crippen LogP contribution >= 0.6 is 0 Å². The monoisotopic (exact) mass is 207 g/mol. The van der Waals surface area contributed by atoms with Crippen LogP contribution in [0.1, 0.15) is 44.7 Å². The molecule has 0 saturated carbocycles. The zero-order chi connectivity index (χ0) is 10.9. The number of unbranched alkanes of at least 4 members (excludes halogenated alkanes) is 4. The predicted molar refractivity (Wildman–Crippen MR) is 63.2 cm³/mol. The van der Waals surface area contributed by atoms with E-state index in [4.69, 9.17) is 4.74 Å². The van der Waals surface area contributed by atoms with Crippen molar-refractivity contribution < 1.29 is 4.74 Å².